The van der Waals surface area contributed by atoms with Crippen LogP contribution in [0.5, 0.6) is 11.5 Å². The molecular formula is C15H22N2O2. The molecule has 2 aliphatic heterocycles. The molecule has 1 saturated heterocycles. The van der Waals surface area contributed by atoms with Crippen LogP contribution in [0.1, 0.15) is 24.9 Å². The smallest absolute Gasteiger partial charge is 0.231 e. The molecule has 0 aromatic heterocycles. The molecule has 1 aromatic rings. The average Bonchev–Trinajstić information content (AvgIpc) is 3.03. The number of hydrogen-bond donors (Lipinski definition) is 1. The van der Waals surface area contributed by atoms with Crippen molar-refractivity contribution in [2.75, 3.05) is 33.5 Å². The van der Waals surface area contributed by atoms with Gasteiger partial charge in [-0.15, -0.1) is 0 Å². The third-order valence-corrected chi connectivity index (χ3v) is 4.10. The summed E-state index contributed by atoms with van der Waals surface area (Å²) in [6, 6.07) is 6.59. The molecule has 1 fully saturated rings. The van der Waals surface area contributed by atoms with E-state index in [1.807, 2.05) is 13.1 Å². The van der Waals surface area contributed by atoms with Gasteiger partial charge in [0.2, 0.25) is 6.79 Å². The Balaban J connectivity index is 1.71. The van der Waals surface area contributed by atoms with Crippen molar-refractivity contribution in [3.8, 4) is 11.5 Å². The maximum absolute atomic E-state index is 5.46. The lowest BCUT2D eigenvalue weighted by atomic mass is 10.1. The van der Waals surface area contributed by atoms with Gasteiger partial charge in [-0.1, -0.05) is 13.0 Å². The molecule has 1 aromatic carbocycles. The summed E-state index contributed by atoms with van der Waals surface area (Å²) in [6.07, 6.45) is 1.32. The van der Waals surface area contributed by atoms with Crippen molar-refractivity contribution in [3.63, 3.8) is 0 Å². The van der Waals surface area contributed by atoms with Crippen LogP contribution in [0.3, 0.4) is 0 Å². The van der Waals surface area contributed by atoms with Crippen molar-refractivity contribution in [1.29, 1.82) is 0 Å². The largest absolute Gasteiger partial charge is 0.454 e. The highest BCUT2D eigenvalue weighted by Crippen LogP contribution is 2.34. The fraction of sp³-hybridized carbons (Fsp3) is 0.600. The number of ether oxygens (including phenoxy) is 2. The van der Waals surface area contributed by atoms with Gasteiger partial charge in [-0.2, -0.15) is 0 Å². The second-order valence-electron chi connectivity index (χ2n) is 5.61. The zero-order valence-corrected chi connectivity index (χ0v) is 11.7. The number of rotatable bonds is 4. The maximum atomic E-state index is 5.46. The van der Waals surface area contributed by atoms with E-state index in [2.05, 4.69) is 29.3 Å². The molecule has 2 heterocycles. The summed E-state index contributed by atoms with van der Waals surface area (Å²) < 4.78 is 10.8. The highest BCUT2D eigenvalue weighted by Gasteiger charge is 2.23. The van der Waals surface area contributed by atoms with Gasteiger partial charge in [-0.3, -0.25) is 0 Å². The van der Waals surface area contributed by atoms with Crippen LogP contribution >= 0.6 is 0 Å². The van der Waals surface area contributed by atoms with Gasteiger partial charge in [0.1, 0.15) is 0 Å². The first-order chi connectivity index (χ1) is 9.26. The maximum Gasteiger partial charge on any atom is 0.231 e. The minimum atomic E-state index is 0.340. The minimum Gasteiger partial charge on any atom is -0.454 e. The highest BCUT2D eigenvalue weighted by molar-refractivity contribution is 5.45. The predicted octanol–water partition coefficient (Wildman–Crippen LogP) is 2.02. The van der Waals surface area contributed by atoms with E-state index in [1.165, 1.54) is 25.1 Å². The molecular weight excluding hydrogens is 240 g/mol. The van der Waals surface area contributed by atoms with E-state index in [-0.39, 0.29) is 0 Å². The molecule has 3 rings (SSSR count). The first kappa shape index (κ1) is 12.8. The van der Waals surface area contributed by atoms with Crippen molar-refractivity contribution in [1.82, 2.24) is 10.2 Å². The normalized spacial score (nSPS) is 23.8. The number of hydrogen-bond acceptors (Lipinski definition) is 4. The summed E-state index contributed by atoms with van der Waals surface area (Å²) in [6.45, 7) is 6.15. The summed E-state index contributed by atoms with van der Waals surface area (Å²) in [7, 11) is 2.02. The summed E-state index contributed by atoms with van der Waals surface area (Å²) in [4.78, 5) is 2.54. The number of fused-ring (bicyclic) bond motifs is 1. The molecule has 4 heteroatoms. The number of nitrogens with zero attached hydrogens (tertiary/aromatic N) is 1. The van der Waals surface area contributed by atoms with E-state index < -0.39 is 0 Å². The zero-order chi connectivity index (χ0) is 13.2. The standard InChI is InChI=1S/C15H22N2O2/c1-11-5-6-17(8-11)9-13(16-2)12-3-4-14-15(7-12)19-10-18-14/h3-4,7,11,13,16H,5-6,8-10H2,1-2H3. The topological polar surface area (TPSA) is 33.7 Å². The van der Waals surface area contributed by atoms with E-state index in [4.69, 9.17) is 9.47 Å². The van der Waals surface area contributed by atoms with Gasteiger partial charge >= 0.3 is 0 Å². The summed E-state index contributed by atoms with van der Waals surface area (Å²) in [5, 5.41) is 3.41. The first-order valence-electron chi connectivity index (χ1n) is 7.05. The van der Waals surface area contributed by atoms with Crippen LogP contribution in [0.4, 0.5) is 0 Å². The molecule has 104 valence electrons. The Morgan fingerprint density at radius 3 is 2.95 bits per heavy atom. The van der Waals surface area contributed by atoms with Crippen molar-refractivity contribution in [3.05, 3.63) is 23.8 Å². The van der Waals surface area contributed by atoms with Crippen LogP contribution in [0.15, 0.2) is 18.2 Å². The van der Waals surface area contributed by atoms with E-state index in [0.717, 1.165) is 24.0 Å². The molecule has 1 N–H and O–H groups in total. The second kappa shape index (κ2) is 5.39. The minimum absolute atomic E-state index is 0.340. The monoisotopic (exact) mass is 262 g/mol. The van der Waals surface area contributed by atoms with Crippen LogP contribution in [0.2, 0.25) is 0 Å². The SMILES string of the molecule is CNC(CN1CCC(C)C1)c1ccc2c(c1)OCO2. The summed E-state index contributed by atoms with van der Waals surface area (Å²) >= 11 is 0. The van der Waals surface area contributed by atoms with E-state index in [0.29, 0.717) is 12.8 Å². The van der Waals surface area contributed by atoms with Gasteiger partial charge in [-0.05, 0) is 43.6 Å². The molecule has 2 unspecified atom stereocenters. The lowest BCUT2D eigenvalue weighted by Crippen LogP contribution is -2.32. The molecule has 0 saturated carbocycles. The lowest BCUT2D eigenvalue weighted by Gasteiger charge is -2.24. The molecule has 0 aliphatic carbocycles. The molecule has 0 radical (unpaired) electrons. The van der Waals surface area contributed by atoms with Gasteiger partial charge in [0.25, 0.3) is 0 Å². The zero-order valence-electron chi connectivity index (χ0n) is 11.7. The van der Waals surface area contributed by atoms with Gasteiger partial charge in [0.05, 0.1) is 0 Å². The summed E-state index contributed by atoms with van der Waals surface area (Å²) in [5.74, 6) is 2.55. The third-order valence-electron chi connectivity index (χ3n) is 4.10. The summed E-state index contributed by atoms with van der Waals surface area (Å²) in [5.41, 5.74) is 1.27. The Bertz CT molecular complexity index is 450. The molecule has 0 amide bonds. The van der Waals surface area contributed by atoms with Gasteiger partial charge in [0.15, 0.2) is 11.5 Å². The van der Waals surface area contributed by atoms with E-state index in [9.17, 15) is 0 Å². The quantitative estimate of drug-likeness (QED) is 0.900. The number of likely N-dealkylation sites (tertiary alicyclic amines) is 1. The Labute approximate surface area is 114 Å². The van der Waals surface area contributed by atoms with E-state index >= 15 is 0 Å². The van der Waals surface area contributed by atoms with Crippen molar-refractivity contribution < 1.29 is 9.47 Å². The third kappa shape index (κ3) is 2.69. The fourth-order valence-electron chi connectivity index (χ4n) is 2.94. The van der Waals surface area contributed by atoms with Crippen LogP contribution < -0.4 is 14.8 Å². The second-order valence-corrected chi connectivity index (χ2v) is 5.61. The van der Waals surface area contributed by atoms with Crippen LogP contribution in [0.25, 0.3) is 0 Å². The Kier molecular flexibility index (Phi) is 3.62. The number of benzene rings is 1. The predicted molar refractivity (Wildman–Crippen MR) is 74.6 cm³/mol. The van der Waals surface area contributed by atoms with Crippen LogP contribution in [-0.2, 0) is 0 Å². The molecule has 0 spiro atoms. The highest BCUT2D eigenvalue weighted by atomic mass is 16.7. The first-order valence-corrected chi connectivity index (χ1v) is 7.05. The molecule has 0 bridgehead atoms. The molecule has 4 nitrogen and oxygen atoms in total. The Morgan fingerprint density at radius 1 is 1.37 bits per heavy atom. The number of likely N-dealkylation sites (N-methyl/N-ethyl adjacent to an activating group) is 1. The van der Waals surface area contributed by atoms with Crippen LogP contribution in [0, 0.1) is 5.92 Å². The van der Waals surface area contributed by atoms with Gasteiger partial charge in [0, 0.05) is 19.1 Å². The Morgan fingerprint density at radius 2 is 2.21 bits per heavy atom. The van der Waals surface area contributed by atoms with Crippen LogP contribution in [-0.4, -0.2) is 38.4 Å². The Hall–Kier alpha value is -1.26. The van der Waals surface area contributed by atoms with Crippen molar-refractivity contribution in [2.24, 2.45) is 5.92 Å². The lowest BCUT2D eigenvalue weighted by molar-refractivity contribution is 0.174. The molecule has 2 atom stereocenters. The van der Waals surface area contributed by atoms with Crippen molar-refractivity contribution >= 4 is 0 Å². The van der Waals surface area contributed by atoms with Gasteiger partial charge in [-0.25, -0.2) is 0 Å². The fourth-order valence-corrected chi connectivity index (χ4v) is 2.94. The molecule has 19 heavy (non-hydrogen) atoms. The molecule has 2 aliphatic rings. The van der Waals surface area contributed by atoms with Gasteiger partial charge < -0.3 is 19.7 Å². The van der Waals surface area contributed by atoms with Crippen molar-refractivity contribution in [2.45, 2.75) is 19.4 Å². The van der Waals surface area contributed by atoms with E-state index in [1.54, 1.807) is 0 Å². The number of nitrogens with one attached hydrogen (secondary N) is 1. The average molecular weight is 262 g/mol.